The van der Waals surface area contributed by atoms with Gasteiger partial charge in [0.2, 0.25) is 0 Å². The van der Waals surface area contributed by atoms with E-state index in [4.69, 9.17) is 17.3 Å². The SMILES string of the molecule is CN1C(=O)N[C@@H]2CN(c3ncnc(N)c3Cl)CC[C@@H]21. The molecule has 0 unspecified atom stereocenters. The Hall–Kier alpha value is -1.76. The van der Waals surface area contributed by atoms with E-state index < -0.39 is 0 Å². The lowest BCUT2D eigenvalue weighted by Gasteiger charge is -2.36. The molecular weight excluding hydrogens is 268 g/mol. The first-order valence-electron chi connectivity index (χ1n) is 6.12. The third-order valence-electron chi connectivity index (χ3n) is 3.80. The van der Waals surface area contributed by atoms with Crippen LogP contribution in [-0.2, 0) is 0 Å². The second-order valence-corrected chi connectivity index (χ2v) is 5.24. The molecule has 1 aromatic heterocycles. The molecule has 7 nitrogen and oxygen atoms in total. The summed E-state index contributed by atoms with van der Waals surface area (Å²) in [5.74, 6) is 0.915. The number of fused-ring (bicyclic) bond motifs is 1. The molecule has 3 N–H and O–H groups in total. The number of likely N-dealkylation sites (N-methyl/N-ethyl adjacent to an activating group) is 1. The van der Waals surface area contributed by atoms with Crippen molar-refractivity contribution < 1.29 is 4.79 Å². The minimum atomic E-state index is -0.0230. The predicted octanol–water partition coefficient (Wildman–Crippen LogP) is 0.315. The lowest BCUT2D eigenvalue weighted by atomic mass is 10.0. The number of nitrogens with two attached hydrogens (primary N) is 1. The van der Waals surface area contributed by atoms with Crippen molar-refractivity contribution in [3.63, 3.8) is 0 Å². The van der Waals surface area contributed by atoms with Crippen molar-refractivity contribution in [3.05, 3.63) is 11.3 Å². The van der Waals surface area contributed by atoms with Gasteiger partial charge >= 0.3 is 6.03 Å². The fourth-order valence-electron chi connectivity index (χ4n) is 2.74. The number of rotatable bonds is 1. The maximum absolute atomic E-state index is 11.6. The van der Waals surface area contributed by atoms with Gasteiger partial charge in [-0.1, -0.05) is 11.6 Å². The number of hydrogen-bond donors (Lipinski definition) is 2. The molecular formula is C11H15ClN6O. The van der Waals surface area contributed by atoms with Crippen molar-refractivity contribution in [1.82, 2.24) is 20.2 Å². The number of nitrogen functional groups attached to an aromatic ring is 1. The number of carbonyl (C=O) groups excluding carboxylic acids is 1. The van der Waals surface area contributed by atoms with E-state index >= 15 is 0 Å². The maximum atomic E-state index is 11.6. The molecule has 102 valence electrons. The van der Waals surface area contributed by atoms with Gasteiger partial charge < -0.3 is 20.9 Å². The van der Waals surface area contributed by atoms with Gasteiger partial charge in [-0.2, -0.15) is 0 Å². The number of hydrogen-bond acceptors (Lipinski definition) is 5. The number of anilines is 2. The van der Waals surface area contributed by atoms with Crippen LogP contribution in [0.5, 0.6) is 0 Å². The summed E-state index contributed by atoms with van der Waals surface area (Å²) in [4.78, 5) is 23.5. The van der Waals surface area contributed by atoms with Crippen molar-refractivity contribution in [1.29, 1.82) is 0 Å². The average molecular weight is 283 g/mol. The second kappa shape index (κ2) is 4.41. The topological polar surface area (TPSA) is 87.4 Å². The third kappa shape index (κ3) is 1.94. The van der Waals surface area contributed by atoms with E-state index in [1.54, 1.807) is 4.90 Å². The zero-order valence-corrected chi connectivity index (χ0v) is 11.3. The van der Waals surface area contributed by atoms with Crippen LogP contribution < -0.4 is 16.0 Å². The molecule has 0 spiro atoms. The molecule has 8 heteroatoms. The smallest absolute Gasteiger partial charge is 0.317 e. The summed E-state index contributed by atoms with van der Waals surface area (Å²) in [5.41, 5.74) is 5.69. The Morgan fingerprint density at radius 2 is 2.32 bits per heavy atom. The largest absolute Gasteiger partial charge is 0.382 e. The summed E-state index contributed by atoms with van der Waals surface area (Å²) in [6.07, 6.45) is 2.28. The summed E-state index contributed by atoms with van der Waals surface area (Å²) < 4.78 is 0. The molecule has 2 amide bonds. The molecule has 2 atom stereocenters. The van der Waals surface area contributed by atoms with E-state index in [2.05, 4.69) is 15.3 Å². The highest BCUT2D eigenvalue weighted by Crippen LogP contribution is 2.30. The Labute approximate surface area is 115 Å². The van der Waals surface area contributed by atoms with Gasteiger partial charge in [-0.25, -0.2) is 14.8 Å². The molecule has 3 rings (SSSR count). The van der Waals surface area contributed by atoms with Gasteiger partial charge in [0.1, 0.15) is 17.2 Å². The quantitative estimate of drug-likeness (QED) is 0.774. The number of urea groups is 1. The van der Waals surface area contributed by atoms with Crippen LogP contribution in [0.2, 0.25) is 5.02 Å². The monoisotopic (exact) mass is 282 g/mol. The molecule has 2 saturated heterocycles. The van der Waals surface area contributed by atoms with Gasteiger partial charge in [0.15, 0.2) is 5.82 Å². The summed E-state index contributed by atoms with van der Waals surface area (Å²) in [6.45, 7) is 1.47. The van der Waals surface area contributed by atoms with Crippen LogP contribution in [0.3, 0.4) is 0 Å². The van der Waals surface area contributed by atoms with E-state index in [1.807, 2.05) is 11.9 Å². The maximum Gasteiger partial charge on any atom is 0.317 e. The first-order valence-corrected chi connectivity index (χ1v) is 6.50. The number of carbonyl (C=O) groups is 1. The van der Waals surface area contributed by atoms with Crippen LogP contribution in [0.25, 0.3) is 0 Å². The lowest BCUT2D eigenvalue weighted by molar-refractivity contribution is 0.212. The zero-order chi connectivity index (χ0) is 13.6. The van der Waals surface area contributed by atoms with Gasteiger partial charge in [-0.05, 0) is 6.42 Å². The van der Waals surface area contributed by atoms with Crippen molar-refractivity contribution in [2.75, 3.05) is 30.8 Å². The first kappa shape index (κ1) is 12.3. The summed E-state index contributed by atoms with van der Waals surface area (Å²) in [7, 11) is 1.82. The van der Waals surface area contributed by atoms with E-state index in [0.29, 0.717) is 17.4 Å². The van der Waals surface area contributed by atoms with Crippen molar-refractivity contribution in [3.8, 4) is 0 Å². The number of piperidine rings is 1. The van der Waals surface area contributed by atoms with Crippen molar-refractivity contribution in [2.45, 2.75) is 18.5 Å². The zero-order valence-electron chi connectivity index (χ0n) is 10.5. The Morgan fingerprint density at radius 3 is 3.11 bits per heavy atom. The van der Waals surface area contributed by atoms with E-state index in [9.17, 15) is 4.79 Å². The number of halogens is 1. The molecule has 2 aliphatic rings. The molecule has 3 heterocycles. The molecule has 0 bridgehead atoms. The van der Waals surface area contributed by atoms with Gasteiger partial charge in [0, 0.05) is 20.1 Å². The summed E-state index contributed by atoms with van der Waals surface area (Å²) in [6, 6.07) is 0.311. The van der Waals surface area contributed by atoms with E-state index in [1.165, 1.54) is 6.33 Å². The lowest BCUT2D eigenvalue weighted by Crippen LogP contribution is -2.51. The summed E-state index contributed by atoms with van der Waals surface area (Å²) in [5, 5.41) is 3.34. The fraction of sp³-hybridized carbons (Fsp3) is 0.545. The number of nitrogens with one attached hydrogen (secondary N) is 1. The minimum absolute atomic E-state index is 0.0230. The van der Waals surface area contributed by atoms with E-state index in [-0.39, 0.29) is 23.9 Å². The number of amides is 2. The van der Waals surface area contributed by atoms with Gasteiger partial charge in [0.05, 0.1) is 12.1 Å². The fourth-order valence-corrected chi connectivity index (χ4v) is 2.96. The predicted molar refractivity (Wildman–Crippen MR) is 72.2 cm³/mol. The van der Waals surface area contributed by atoms with Gasteiger partial charge in [0.25, 0.3) is 0 Å². The molecule has 19 heavy (non-hydrogen) atoms. The second-order valence-electron chi connectivity index (χ2n) is 4.87. The standard InChI is InChI=1S/C11H15ClN6O/c1-17-7-2-3-18(4-6(7)16-11(17)19)10-8(12)9(13)14-5-15-10/h5-7H,2-4H2,1H3,(H,16,19)(H2,13,14,15)/t6-,7+/m1/s1. The average Bonchev–Trinajstić information content (AvgIpc) is 2.68. The Morgan fingerprint density at radius 1 is 1.53 bits per heavy atom. The Bertz CT molecular complexity index is 524. The molecule has 1 aromatic rings. The highest BCUT2D eigenvalue weighted by atomic mass is 35.5. The van der Waals surface area contributed by atoms with Crippen LogP contribution >= 0.6 is 11.6 Å². The third-order valence-corrected chi connectivity index (χ3v) is 4.16. The number of aromatic nitrogens is 2. The van der Waals surface area contributed by atoms with E-state index in [0.717, 1.165) is 13.0 Å². The Balaban J connectivity index is 1.82. The Kier molecular flexibility index (Phi) is 2.85. The molecule has 0 radical (unpaired) electrons. The molecule has 0 saturated carbocycles. The van der Waals surface area contributed by atoms with Gasteiger partial charge in [-0.3, -0.25) is 0 Å². The first-order chi connectivity index (χ1) is 9.08. The van der Waals surface area contributed by atoms with Crippen LogP contribution in [0.15, 0.2) is 6.33 Å². The highest BCUT2D eigenvalue weighted by molar-refractivity contribution is 6.35. The normalized spacial score (nSPS) is 26.3. The van der Waals surface area contributed by atoms with Crippen LogP contribution in [-0.4, -0.2) is 53.1 Å². The van der Waals surface area contributed by atoms with Crippen molar-refractivity contribution in [2.24, 2.45) is 0 Å². The van der Waals surface area contributed by atoms with Crippen LogP contribution in [0, 0.1) is 0 Å². The van der Waals surface area contributed by atoms with Crippen molar-refractivity contribution >= 4 is 29.3 Å². The molecule has 0 aromatic carbocycles. The molecule has 2 aliphatic heterocycles. The number of nitrogens with zero attached hydrogens (tertiary/aromatic N) is 4. The van der Waals surface area contributed by atoms with Crippen LogP contribution in [0.4, 0.5) is 16.4 Å². The van der Waals surface area contributed by atoms with Crippen LogP contribution in [0.1, 0.15) is 6.42 Å². The summed E-state index contributed by atoms with van der Waals surface area (Å²) >= 11 is 6.14. The highest BCUT2D eigenvalue weighted by Gasteiger charge is 2.41. The van der Waals surface area contributed by atoms with Gasteiger partial charge in [-0.15, -0.1) is 0 Å². The minimum Gasteiger partial charge on any atom is -0.382 e. The molecule has 2 fully saturated rings. The molecule has 0 aliphatic carbocycles.